The third-order valence-electron chi connectivity index (χ3n) is 5.37. The summed E-state index contributed by atoms with van der Waals surface area (Å²) in [6.45, 7) is 0.651. The van der Waals surface area contributed by atoms with E-state index in [9.17, 15) is 19.8 Å². The van der Waals surface area contributed by atoms with Gasteiger partial charge in [0.2, 0.25) is 0 Å². The van der Waals surface area contributed by atoms with Crippen LogP contribution in [0.15, 0.2) is 24.0 Å². The molecule has 1 aliphatic heterocycles. The first-order chi connectivity index (χ1) is 14.1. The Bertz CT molecular complexity index is 766. The molecule has 8 heteroatoms. The predicted molar refractivity (Wildman–Crippen MR) is 108 cm³/mol. The largest absolute Gasteiger partial charge is 0.496 e. The summed E-state index contributed by atoms with van der Waals surface area (Å²) in [5.74, 6) is 0.0836. The number of cyclic esters (lactones) is 1. The van der Waals surface area contributed by atoms with Crippen LogP contribution in [0.1, 0.15) is 37.7 Å². The van der Waals surface area contributed by atoms with Gasteiger partial charge >= 0.3 is 6.09 Å². The predicted octanol–water partition coefficient (Wildman–Crippen LogP) is 2.14. The number of imide groups is 1. The van der Waals surface area contributed by atoms with Gasteiger partial charge < -0.3 is 24.6 Å². The van der Waals surface area contributed by atoms with Gasteiger partial charge in [-0.25, -0.2) is 9.69 Å². The van der Waals surface area contributed by atoms with E-state index in [4.69, 9.17) is 9.47 Å². The Hall–Kier alpha value is -2.58. The molecule has 2 amide bonds. The van der Waals surface area contributed by atoms with E-state index in [0.717, 1.165) is 37.8 Å². The quantitative estimate of drug-likeness (QED) is 0.641. The summed E-state index contributed by atoms with van der Waals surface area (Å²) in [6.07, 6.45) is 5.69. The van der Waals surface area contributed by atoms with Gasteiger partial charge in [-0.05, 0) is 31.1 Å². The van der Waals surface area contributed by atoms with Crippen molar-refractivity contribution in [3.8, 4) is 5.75 Å². The third-order valence-corrected chi connectivity index (χ3v) is 5.37. The van der Waals surface area contributed by atoms with Crippen LogP contribution in [0.2, 0.25) is 0 Å². The van der Waals surface area contributed by atoms with Crippen molar-refractivity contribution in [2.75, 3.05) is 38.3 Å². The monoisotopic (exact) mass is 404 g/mol. The van der Waals surface area contributed by atoms with Gasteiger partial charge in [-0.2, -0.15) is 0 Å². The van der Waals surface area contributed by atoms with E-state index in [0.29, 0.717) is 24.4 Å². The first-order valence-corrected chi connectivity index (χ1v) is 10.0. The lowest BCUT2D eigenvalue weighted by Gasteiger charge is -2.27. The molecule has 1 heterocycles. The lowest BCUT2D eigenvalue weighted by molar-refractivity contribution is -0.125. The van der Waals surface area contributed by atoms with Crippen LogP contribution in [0.5, 0.6) is 5.75 Å². The minimum Gasteiger partial charge on any atom is -0.496 e. The number of carbonyl (C=O) groups excluding carboxylic acids is 2. The van der Waals surface area contributed by atoms with Crippen molar-refractivity contribution in [3.05, 3.63) is 29.5 Å². The molecule has 0 unspecified atom stereocenters. The normalized spacial score (nSPS) is 19.0. The molecular formula is C21H28N2O6. The fourth-order valence-electron chi connectivity index (χ4n) is 3.90. The maximum Gasteiger partial charge on any atom is 0.422 e. The summed E-state index contributed by atoms with van der Waals surface area (Å²) in [4.78, 5) is 28.1. The molecule has 1 aliphatic carbocycles. The van der Waals surface area contributed by atoms with Crippen LogP contribution in [-0.4, -0.2) is 66.6 Å². The molecule has 1 aromatic rings. The van der Waals surface area contributed by atoms with Crippen LogP contribution in [0, 0.1) is 0 Å². The molecule has 1 aromatic carbocycles. The van der Waals surface area contributed by atoms with E-state index < -0.39 is 12.0 Å². The second-order valence-corrected chi connectivity index (χ2v) is 7.20. The number of hydrogen-bond donors (Lipinski definition) is 2. The number of carbonyl (C=O) groups is 2. The van der Waals surface area contributed by atoms with Crippen molar-refractivity contribution in [1.29, 1.82) is 0 Å². The third kappa shape index (κ3) is 4.71. The number of rotatable bonds is 8. The molecule has 1 saturated heterocycles. The molecule has 2 aliphatic rings. The van der Waals surface area contributed by atoms with Crippen LogP contribution in [0.4, 0.5) is 10.5 Å². The van der Waals surface area contributed by atoms with Crippen molar-refractivity contribution in [2.24, 2.45) is 0 Å². The minimum absolute atomic E-state index is 0.00537. The van der Waals surface area contributed by atoms with Crippen LogP contribution in [-0.2, 0) is 9.53 Å². The van der Waals surface area contributed by atoms with Gasteiger partial charge in [0, 0.05) is 36.4 Å². The van der Waals surface area contributed by atoms with E-state index in [1.165, 1.54) is 18.1 Å². The minimum atomic E-state index is -0.610. The summed E-state index contributed by atoms with van der Waals surface area (Å²) in [5.41, 5.74) is 1.37. The Morgan fingerprint density at radius 3 is 2.48 bits per heavy atom. The molecule has 0 aromatic heterocycles. The Balaban J connectivity index is 1.83. The summed E-state index contributed by atoms with van der Waals surface area (Å²) >= 11 is 0. The molecule has 8 nitrogen and oxygen atoms in total. The Kier molecular flexibility index (Phi) is 7.11. The number of nitrogens with zero attached hydrogens (tertiary/aromatic N) is 2. The molecular weight excluding hydrogens is 376 g/mol. The van der Waals surface area contributed by atoms with Gasteiger partial charge in [0.1, 0.15) is 5.75 Å². The first kappa shape index (κ1) is 21.1. The molecule has 0 atom stereocenters. The van der Waals surface area contributed by atoms with Crippen LogP contribution < -0.4 is 9.64 Å². The highest BCUT2D eigenvalue weighted by Gasteiger charge is 2.41. The van der Waals surface area contributed by atoms with Gasteiger partial charge in [0.15, 0.2) is 5.76 Å². The van der Waals surface area contributed by atoms with Gasteiger partial charge in [0.25, 0.3) is 5.91 Å². The molecule has 2 N–H and O–H groups in total. The Morgan fingerprint density at radius 2 is 1.86 bits per heavy atom. The van der Waals surface area contributed by atoms with Crippen molar-refractivity contribution in [2.45, 2.75) is 38.1 Å². The molecule has 29 heavy (non-hydrogen) atoms. The summed E-state index contributed by atoms with van der Waals surface area (Å²) < 4.78 is 10.7. The average molecular weight is 404 g/mol. The van der Waals surface area contributed by atoms with E-state index in [1.54, 1.807) is 18.2 Å². The Morgan fingerprint density at radius 1 is 1.17 bits per heavy atom. The summed E-state index contributed by atoms with van der Waals surface area (Å²) in [6, 6.07) is 5.23. The van der Waals surface area contributed by atoms with Crippen LogP contribution in [0.3, 0.4) is 0 Å². The smallest absolute Gasteiger partial charge is 0.422 e. The second kappa shape index (κ2) is 9.76. The fraction of sp³-hybridized carbons (Fsp3) is 0.524. The van der Waals surface area contributed by atoms with Crippen molar-refractivity contribution < 1.29 is 29.3 Å². The number of anilines is 1. The van der Waals surface area contributed by atoms with Crippen molar-refractivity contribution in [3.63, 3.8) is 0 Å². The lowest BCUT2D eigenvalue weighted by Crippen LogP contribution is -2.40. The van der Waals surface area contributed by atoms with Gasteiger partial charge in [-0.15, -0.1) is 0 Å². The van der Waals surface area contributed by atoms with Crippen molar-refractivity contribution >= 4 is 23.8 Å². The highest BCUT2D eigenvalue weighted by molar-refractivity contribution is 6.10. The van der Waals surface area contributed by atoms with Gasteiger partial charge in [-0.3, -0.25) is 4.79 Å². The number of benzene rings is 1. The number of amides is 2. The van der Waals surface area contributed by atoms with E-state index >= 15 is 0 Å². The van der Waals surface area contributed by atoms with Crippen LogP contribution >= 0.6 is 0 Å². The standard InChI is InChI=1S/C21H28N2O6/c1-28-18-14-17(22(9-11-24)10-12-25)8-7-15(18)13-19-20(26)23(21(27)29-19)16-5-3-2-4-6-16/h7-8,13-14,16,24-25H,2-6,9-12H2,1H3/b19-13+. The number of hydrogen-bond acceptors (Lipinski definition) is 7. The summed E-state index contributed by atoms with van der Waals surface area (Å²) in [5, 5.41) is 18.5. The maximum absolute atomic E-state index is 12.8. The summed E-state index contributed by atoms with van der Waals surface area (Å²) in [7, 11) is 1.51. The first-order valence-electron chi connectivity index (χ1n) is 10.0. The van der Waals surface area contributed by atoms with Crippen LogP contribution in [0.25, 0.3) is 6.08 Å². The second-order valence-electron chi connectivity index (χ2n) is 7.20. The van der Waals surface area contributed by atoms with E-state index in [1.807, 2.05) is 4.90 Å². The molecule has 0 spiro atoms. The average Bonchev–Trinajstić information content (AvgIpc) is 3.01. The maximum atomic E-state index is 12.8. The zero-order chi connectivity index (χ0) is 20.8. The van der Waals surface area contributed by atoms with Crippen molar-refractivity contribution in [1.82, 2.24) is 4.90 Å². The Labute approximate surface area is 170 Å². The number of aliphatic hydroxyl groups excluding tert-OH is 2. The zero-order valence-corrected chi connectivity index (χ0v) is 16.7. The highest BCUT2D eigenvalue weighted by Crippen LogP contribution is 2.32. The van der Waals surface area contributed by atoms with E-state index in [-0.39, 0.29) is 25.0 Å². The molecule has 2 fully saturated rings. The number of aliphatic hydroxyl groups is 2. The van der Waals surface area contributed by atoms with Gasteiger partial charge in [-0.1, -0.05) is 19.3 Å². The number of ether oxygens (including phenoxy) is 2. The highest BCUT2D eigenvalue weighted by atomic mass is 16.6. The lowest BCUT2D eigenvalue weighted by atomic mass is 9.94. The molecule has 1 saturated carbocycles. The van der Waals surface area contributed by atoms with Gasteiger partial charge in [0.05, 0.1) is 20.3 Å². The van der Waals surface area contributed by atoms with E-state index in [2.05, 4.69) is 0 Å². The topological polar surface area (TPSA) is 99.5 Å². The fourth-order valence-corrected chi connectivity index (χ4v) is 3.90. The molecule has 3 rings (SSSR count). The molecule has 158 valence electrons. The zero-order valence-electron chi connectivity index (χ0n) is 16.7. The number of methoxy groups -OCH3 is 1. The SMILES string of the molecule is COc1cc(N(CCO)CCO)ccc1/C=C1/OC(=O)N(C2CCCCC2)C1=O. The molecule has 0 bridgehead atoms. The molecule has 0 radical (unpaired) electrons.